The molecule has 0 aliphatic carbocycles. The van der Waals surface area contributed by atoms with Gasteiger partial charge in [-0.1, -0.05) is 19.1 Å². The maximum absolute atomic E-state index is 12.6. The number of benzene rings is 2. The topological polar surface area (TPSA) is 93.7 Å². The van der Waals surface area contributed by atoms with Gasteiger partial charge in [-0.05, 0) is 43.2 Å². The van der Waals surface area contributed by atoms with Crippen molar-refractivity contribution in [1.29, 1.82) is 0 Å². The third-order valence-corrected chi connectivity index (χ3v) is 5.56. The molecule has 2 aromatic rings. The van der Waals surface area contributed by atoms with Crippen LogP contribution in [0.5, 0.6) is 11.5 Å². The van der Waals surface area contributed by atoms with E-state index in [4.69, 9.17) is 9.47 Å². The maximum Gasteiger partial charge on any atom is 0.242 e. The first kappa shape index (κ1) is 20.7. The van der Waals surface area contributed by atoms with Gasteiger partial charge in [-0.3, -0.25) is 4.79 Å². The average molecular weight is 392 g/mol. The quantitative estimate of drug-likeness (QED) is 0.720. The Balaban J connectivity index is 2.10. The zero-order valence-electron chi connectivity index (χ0n) is 15.8. The smallest absolute Gasteiger partial charge is 0.242 e. The van der Waals surface area contributed by atoms with Crippen molar-refractivity contribution >= 4 is 21.6 Å². The molecule has 1 unspecified atom stereocenters. The molecule has 1 amide bonds. The fourth-order valence-corrected chi connectivity index (χ4v) is 3.63. The van der Waals surface area contributed by atoms with Crippen LogP contribution in [0, 0.1) is 0 Å². The minimum absolute atomic E-state index is 0.0212. The number of carbonyl (C=O) groups excluding carboxylic acids is 1. The Bertz CT molecular complexity index is 895. The Morgan fingerprint density at radius 3 is 2.22 bits per heavy atom. The molecule has 146 valence electrons. The SMILES string of the molecule is CCc1ccc(NC(=O)C(C)NS(=O)(=O)c2ccc(OC)c(OC)c2)cc1. The molecule has 0 heterocycles. The lowest BCUT2D eigenvalue weighted by Crippen LogP contribution is -2.41. The fraction of sp³-hybridized carbons (Fsp3) is 0.316. The van der Waals surface area contributed by atoms with E-state index >= 15 is 0 Å². The van der Waals surface area contributed by atoms with Crippen molar-refractivity contribution in [3.8, 4) is 11.5 Å². The van der Waals surface area contributed by atoms with E-state index in [9.17, 15) is 13.2 Å². The number of anilines is 1. The number of methoxy groups -OCH3 is 2. The van der Waals surface area contributed by atoms with Crippen LogP contribution in [0.4, 0.5) is 5.69 Å². The highest BCUT2D eigenvalue weighted by atomic mass is 32.2. The number of hydrogen-bond donors (Lipinski definition) is 2. The molecule has 0 aliphatic rings. The number of carbonyl (C=O) groups is 1. The van der Waals surface area contributed by atoms with Crippen molar-refractivity contribution in [2.45, 2.75) is 31.2 Å². The zero-order valence-corrected chi connectivity index (χ0v) is 16.6. The molecular weight excluding hydrogens is 368 g/mol. The molecule has 8 heteroatoms. The van der Waals surface area contributed by atoms with Crippen LogP contribution in [-0.2, 0) is 21.2 Å². The van der Waals surface area contributed by atoms with E-state index in [0.717, 1.165) is 12.0 Å². The van der Waals surface area contributed by atoms with Crippen LogP contribution in [0.25, 0.3) is 0 Å². The van der Waals surface area contributed by atoms with Gasteiger partial charge in [-0.15, -0.1) is 0 Å². The highest BCUT2D eigenvalue weighted by molar-refractivity contribution is 7.89. The summed E-state index contributed by atoms with van der Waals surface area (Å²) >= 11 is 0. The Hall–Kier alpha value is -2.58. The largest absolute Gasteiger partial charge is 0.493 e. The summed E-state index contributed by atoms with van der Waals surface area (Å²) in [6, 6.07) is 10.6. The number of aryl methyl sites for hydroxylation is 1. The van der Waals surface area contributed by atoms with E-state index in [2.05, 4.69) is 10.0 Å². The molecule has 0 radical (unpaired) electrons. The summed E-state index contributed by atoms with van der Waals surface area (Å²) < 4.78 is 37.7. The molecular formula is C19H24N2O5S. The van der Waals surface area contributed by atoms with Crippen molar-refractivity contribution in [2.24, 2.45) is 0 Å². The van der Waals surface area contributed by atoms with E-state index in [-0.39, 0.29) is 10.6 Å². The number of rotatable bonds is 8. The third-order valence-electron chi connectivity index (χ3n) is 4.02. The molecule has 27 heavy (non-hydrogen) atoms. The van der Waals surface area contributed by atoms with Crippen LogP contribution in [0.2, 0.25) is 0 Å². The van der Waals surface area contributed by atoms with Crippen LogP contribution in [0.1, 0.15) is 19.4 Å². The first-order valence-electron chi connectivity index (χ1n) is 8.45. The molecule has 0 aromatic heterocycles. The first-order chi connectivity index (χ1) is 12.8. The van der Waals surface area contributed by atoms with Gasteiger partial charge in [0.25, 0.3) is 0 Å². The standard InChI is InChI=1S/C19H24N2O5S/c1-5-14-6-8-15(9-7-14)20-19(22)13(2)21-27(23,24)16-10-11-17(25-3)18(12-16)26-4/h6-13,21H,5H2,1-4H3,(H,20,22). The minimum Gasteiger partial charge on any atom is -0.493 e. The van der Waals surface area contributed by atoms with Crippen LogP contribution >= 0.6 is 0 Å². The lowest BCUT2D eigenvalue weighted by molar-refractivity contribution is -0.117. The van der Waals surface area contributed by atoms with Gasteiger partial charge in [0.2, 0.25) is 15.9 Å². The van der Waals surface area contributed by atoms with Gasteiger partial charge in [-0.25, -0.2) is 8.42 Å². The number of nitrogens with one attached hydrogen (secondary N) is 2. The molecule has 0 bridgehead atoms. The summed E-state index contributed by atoms with van der Waals surface area (Å²) in [5.74, 6) is 0.245. The number of amides is 1. The third kappa shape index (κ3) is 5.21. The highest BCUT2D eigenvalue weighted by Gasteiger charge is 2.23. The Morgan fingerprint density at radius 1 is 1.04 bits per heavy atom. The number of hydrogen-bond acceptors (Lipinski definition) is 5. The normalized spacial score (nSPS) is 12.3. The summed E-state index contributed by atoms with van der Waals surface area (Å²) in [4.78, 5) is 12.3. The molecule has 0 saturated carbocycles. The van der Waals surface area contributed by atoms with E-state index in [1.54, 1.807) is 12.1 Å². The number of sulfonamides is 1. The van der Waals surface area contributed by atoms with Crippen molar-refractivity contribution in [1.82, 2.24) is 4.72 Å². The fourth-order valence-electron chi connectivity index (χ4n) is 2.41. The Labute approximate surface area is 159 Å². The molecule has 2 rings (SSSR count). The van der Waals surface area contributed by atoms with Gasteiger partial charge < -0.3 is 14.8 Å². The first-order valence-corrected chi connectivity index (χ1v) is 9.93. The van der Waals surface area contributed by atoms with Crippen LogP contribution in [0.3, 0.4) is 0 Å². The summed E-state index contributed by atoms with van der Waals surface area (Å²) in [6.07, 6.45) is 0.899. The van der Waals surface area contributed by atoms with Gasteiger partial charge in [0, 0.05) is 11.8 Å². The zero-order chi connectivity index (χ0) is 20.0. The second-order valence-corrected chi connectivity index (χ2v) is 7.61. The molecule has 2 aromatic carbocycles. The molecule has 0 aliphatic heterocycles. The molecule has 0 fully saturated rings. The second kappa shape index (κ2) is 8.88. The summed E-state index contributed by atoms with van der Waals surface area (Å²) in [7, 11) is -1.03. The lowest BCUT2D eigenvalue weighted by atomic mass is 10.1. The van der Waals surface area contributed by atoms with Crippen LogP contribution in [-0.4, -0.2) is 34.6 Å². The average Bonchev–Trinajstić information content (AvgIpc) is 2.67. The Kier molecular flexibility index (Phi) is 6.81. The predicted molar refractivity (Wildman–Crippen MR) is 104 cm³/mol. The highest BCUT2D eigenvalue weighted by Crippen LogP contribution is 2.29. The summed E-state index contributed by atoms with van der Waals surface area (Å²) in [5, 5.41) is 2.70. The Morgan fingerprint density at radius 2 is 1.67 bits per heavy atom. The minimum atomic E-state index is -3.91. The lowest BCUT2D eigenvalue weighted by Gasteiger charge is -2.15. The molecule has 0 spiro atoms. The van der Waals surface area contributed by atoms with E-state index in [1.165, 1.54) is 39.3 Å². The number of ether oxygens (including phenoxy) is 2. The van der Waals surface area contributed by atoms with Gasteiger partial charge in [0.15, 0.2) is 11.5 Å². The van der Waals surface area contributed by atoms with Gasteiger partial charge in [0.1, 0.15) is 0 Å². The predicted octanol–water partition coefficient (Wildman–Crippen LogP) is 2.57. The van der Waals surface area contributed by atoms with Gasteiger partial charge in [-0.2, -0.15) is 4.72 Å². The molecule has 2 N–H and O–H groups in total. The molecule has 7 nitrogen and oxygen atoms in total. The van der Waals surface area contributed by atoms with Crippen molar-refractivity contribution in [3.63, 3.8) is 0 Å². The molecule has 0 saturated heterocycles. The van der Waals surface area contributed by atoms with Crippen LogP contribution in [0.15, 0.2) is 47.4 Å². The molecule has 1 atom stereocenters. The monoisotopic (exact) mass is 392 g/mol. The summed E-state index contributed by atoms with van der Waals surface area (Å²) in [6.45, 7) is 3.52. The second-order valence-electron chi connectivity index (χ2n) is 5.90. The van der Waals surface area contributed by atoms with Crippen molar-refractivity contribution in [3.05, 3.63) is 48.0 Å². The van der Waals surface area contributed by atoms with Crippen molar-refractivity contribution < 1.29 is 22.7 Å². The van der Waals surface area contributed by atoms with Crippen molar-refractivity contribution in [2.75, 3.05) is 19.5 Å². The maximum atomic E-state index is 12.6. The summed E-state index contributed by atoms with van der Waals surface area (Å²) in [5.41, 5.74) is 1.75. The van der Waals surface area contributed by atoms with Crippen LogP contribution < -0.4 is 19.5 Å². The van der Waals surface area contributed by atoms with Gasteiger partial charge in [0.05, 0.1) is 25.2 Å². The van der Waals surface area contributed by atoms with E-state index in [0.29, 0.717) is 11.4 Å². The van der Waals surface area contributed by atoms with E-state index < -0.39 is 22.0 Å². The van der Waals surface area contributed by atoms with E-state index in [1.807, 2.05) is 19.1 Å². The van der Waals surface area contributed by atoms with Gasteiger partial charge >= 0.3 is 0 Å².